The normalized spacial score (nSPS) is 11.5. The summed E-state index contributed by atoms with van der Waals surface area (Å²) >= 11 is 0. The van der Waals surface area contributed by atoms with Gasteiger partial charge in [-0.25, -0.2) is 4.79 Å². The lowest BCUT2D eigenvalue weighted by atomic mass is 10.2. The largest absolute Gasteiger partial charge is 0.507 e. The van der Waals surface area contributed by atoms with Crippen LogP contribution in [-0.4, -0.2) is 30.2 Å². The Morgan fingerprint density at radius 1 is 1.17 bits per heavy atom. The number of hydrogen-bond donors (Lipinski definition) is 2. The molecule has 1 unspecified atom stereocenters. The quantitative estimate of drug-likeness (QED) is 0.824. The van der Waals surface area contributed by atoms with Crippen LogP contribution in [0.25, 0.3) is 0 Å². The van der Waals surface area contributed by atoms with Crippen molar-refractivity contribution in [1.29, 1.82) is 0 Å². The molecule has 0 aliphatic carbocycles. The van der Waals surface area contributed by atoms with Gasteiger partial charge in [0.15, 0.2) is 6.10 Å². The molecule has 2 aromatic rings. The zero-order chi connectivity index (χ0) is 17.7. The van der Waals surface area contributed by atoms with Gasteiger partial charge in [-0.05, 0) is 43.7 Å². The Morgan fingerprint density at radius 2 is 1.88 bits per heavy atom. The third kappa shape index (κ3) is 4.04. The van der Waals surface area contributed by atoms with Gasteiger partial charge in [-0.3, -0.25) is 4.79 Å². The molecule has 1 atom stereocenters. The Labute approximate surface area is 140 Å². The molecule has 24 heavy (non-hydrogen) atoms. The fraction of sp³-hybridized carbons (Fsp3) is 0.222. The van der Waals surface area contributed by atoms with Crippen LogP contribution in [-0.2, 0) is 9.53 Å². The number of benzene rings is 2. The minimum absolute atomic E-state index is 0.0649. The molecule has 6 heteroatoms. The van der Waals surface area contributed by atoms with Crippen LogP contribution in [0, 0.1) is 6.92 Å². The summed E-state index contributed by atoms with van der Waals surface area (Å²) in [7, 11) is 1.44. The number of phenolic OH excluding ortho intramolecular Hbond substituents is 1. The number of hydrogen-bond acceptors (Lipinski definition) is 5. The van der Waals surface area contributed by atoms with E-state index in [0.29, 0.717) is 11.4 Å². The molecule has 2 N–H and O–H groups in total. The summed E-state index contributed by atoms with van der Waals surface area (Å²) in [6, 6.07) is 11.5. The Balaban J connectivity index is 2.06. The van der Waals surface area contributed by atoms with Crippen molar-refractivity contribution in [2.75, 3.05) is 12.4 Å². The molecule has 0 saturated heterocycles. The molecule has 0 radical (unpaired) electrons. The highest BCUT2D eigenvalue weighted by atomic mass is 16.5. The molecule has 2 aromatic carbocycles. The van der Waals surface area contributed by atoms with Crippen molar-refractivity contribution in [3.8, 4) is 11.5 Å². The van der Waals surface area contributed by atoms with E-state index >= 15 is 0 Å². The van der Waals surface area contributed by atoms with Crippen LogP contribution in [0.1, 0.15) is 22.8 Å². The summed E-state index contributed by atoms with van der Waals surface area (Å²) in [6.07, 6.45) is -1.03. The fourth-order valence-corrected chi connectivity index (χ4v) is 2.03. The molecule has 0 spiro atoms. The van der Waals surface area contributed by atoms with Crippen LogP contribution in [0.3, 0.4) is 0 Å². The number of methoxy groups -OCH3 is 1. The van der Waals surface area contributed by atoms with E-state index in [4.69, 9.17) is 9.47 Å². The lowest BCUT2D eigenvalue weighted by Gasteiger charge is -2.15. The maximum atomic E-state index is 12.2. The van der Waals surface area contributed by atoms with Crippen LogP contribution in [0.4, 0.5) is 5.69 Å². The first-order valence-corrected chi connectivity index (χ1v) is 7.37. The summed E-state index contributed by atoms with van der Waals surface area (Å²) in [5, 5.41) is 12.5. The first-order valence-electron chi connectivity index (χ1n) is 7.37. The molecular weight excluding hydrogens is 310 g/mol. The summed E-state index contributed by atoms with van der Waals surface area (Å²) in [4.78, 5) is 24.3. The van der Waals surface area contributed by atoms with Gasteiger partial charge in [0.2, 0.25) is 0 Å². The number of carbonyl (C=O) groups is 2. The third-order valence-electron chi connectivity index (χ3n) is 3.48. The molecule has 0 heterocycles. The van der Waals surface area contributed by atoms with Gasteiger partial charge in [0.1, 0.15) is 17.1 Å². The number of aromatic hydroxyl groups is 1. The molecule has 126 valence electrons. The smallest absolute Gasteiger partial charge is 0.342 e. The van der Waals surface area contributed by atoms with Crippen LogP contribution >= 0.6 is 0 Å². The lowest BCUT2D eigenvalue weighted by molar-refractivity contribution is -0.123. The number of rotatable bonds is 5. The number of amides is 1. The summed E-state index contributed by atoms with van der Waals surface area (Å²) < 4.78 is 10.1. The molecule has 2 rings (SSSR count). The van der Waals surface area contributed by atoms with Crippen molar-refractivity contribution in [3.63, 3.8) is 0 Å². The average molecular weight is 329 g/mol. The Morgan fingerprint density at radius 3 is 2.54 bits per heavy atom. The predicted octanol–water partition coefficient (Wildman–Crippen LogP) is 2.89. The maximum Gasteiger partial charge on any atom is 0.342 e. The van der Waals surface area contributed by atoms with Gasteiger partial charge in [-0.15, -0.1) is 0 Å². The van der Waals surface area contributed by atoms with Gasteiger partial charge in [0.25, 0.3) is 5.91 Å². The molecule has 1 amide bonds. The summed E-state index contributed by atoms with van der Waals surface area (Å²) in [5.74, 6) is -1.11. The average Bonchev–Trinajstić information content (AvgIpc) is 2.57. The first-order chi connectivity index (χ1) is 11.4. The first kappa shape index (κ1) is 17.3. The molecule has 0 aliphatic rings. The zero-order valence-corrected chi connectivity index (χ0v) is 13.7. The third-order valence-corrected chi connectivity index (χ3v) is 3.48. The standard InChI is InChI=1S/C18H19NO5/c1-11-6-4-5-7-15(11)19-17(21)12(2)24-18(22)14-10-13(23-3)8-9-16(14)20/h4-10,12,20H,1-3H3,(H,19,21). The second kappa shape index (κ2) is 7.50. The minimum Gasteiger partial charge on any atom is -0.507 e. The van der Waals surface area contributed by atoms with Crippen molar-refractivity contribution >= 4 is 17.6 Å². The topological polar surface area (TPSA) is 84.9 Å². The van der Waals surface area contributed by atoms with E-state index in [0.717, 1.165) is 5.56 Å². The predicted molar refractivity (Wildman–Crippen MR) is 89.3 cm³/mol. The SMILES string of the molecule is COc1ccc(O)c(C(=O)OC(C)C(=O)Nc2ccccc2C)c1. The van der Waals surface area contributed by atoms with Crippen LogP contribution < -0.4 is 10.1 Å². The molecular formula is C18H19NO5. The van der Waals surface area contributed by atoms with Gasteiger partial charge in [0.05, 0.1) is 7.11 Å². The second-order valence-corrected chi connectivity index (χ2v) is 5.23. The van der Waals surface area contributed by atoms with E-state index in [1.165, 1.54) is 32.2 Å². The summed E-state index contributed by atoms with van der Waals surface area (Å²) in [5.41, 5.74) is 1.48. The zero-order valence-electron chi connectivity index (χ0n) is 13.7. The van der Waals surface area contributed by atoms with Crippen molar-refractivity contribution < 1.29 is 24.2 Å². The van der Waals surface area contributed by atoms with Crippen molar-refractivity contribution in [2.45, 2.75) is 20.0 Å². The molecule has 0 aromatic heterocycles. The molecule has 0 bridgehead atoms. The van der Waals surface area contributed by atoms with Crippen molar-refractivity contribution in [2.24, 2.45) is 0 Å². The monoisotopic (exact) mass is 329 g/mol. The van der Waals surface area contributed by atoms with Crippen LogP contribution in [0.2, 0.25) is 0 Å². The Kier molecular flexibility index (Phi) is 5.42. The van der Waals surface area contributed by atoms with Gasteiger partial charge >= 0.3 is 5.97 Å². The molecule has 0 aliphatic heterocycles. The lowest BCUT2D eigenvalue weighted by Crippen LogP contribution is -2.30. The number of anilines is 1. The number of esters is 1. The van der Waals surface area contributed by atoms with Gasteiger partial charge in [-0.1, -0.05) is 18.2 Å². The molecule has 0 fully saturated rings. The van der Waals surface area contributed by atoms with Gasteiger partial charge in [-0.2, -0.15) is 0 Å². The molecule has 0 saturated carbocycles. The Hall–Kier alpha value is -3.02. The van der Waals surface area contributed by atoms with Crippen molar-refractivity contribution in [3.05, 3.63) is 53.6 Å². The Bertz CT molecular complexity index is 757. The number of ether oxygens (including phenoxy) is 2. The highest BCUT2D eigenvalue weighted by Gasteiger charge is 2.22. The molecule has 6 nitrogen and oxygen atoms in total. The van der Waals surface area contributed by atoms with E-state index in [1.807, 2.05) is 19.1 Å². The van der Waals surface area contributed by atoms with E-state index in [1.54, 1.807) is 12.1 Å². The summed E-state index contributed by atoms with van der Waals surface area (Å²) in [6.45, 7) is 3.32. The van der Waals surface area contributed by atoms with E-state index < -0.39 is 18.0 Å². The number of para-hydroxylation sites is 1. The number of carbonyl (C=O) groups excluding carboxylic acids is 2. The number of nitrogens with one attached hydrogen (secondary N) is 1. The highest BCUT2D eigenvalue weighted by Crippen LogP contribution is 2.24. The van der Waals surface area contributed by atoms with E-state index in [-0.39, 0.29) is 11.3 Å². The van der Waals surface area contributed by atoms with Gasteiger partial charge in [0, 0.05) is 5.69 Å². The maximum absolute atomic E-state index is 12.2. The second-order valence-electron chi connectivity index (χ2n) is 5.23. The minimum atomic E-state index is -1.03. The van der Waals surface area contributed by atoms with E-state index in [2.05, 4.69) is 5.32 Å². The van der Waals surface area contributed by atoms with E-state index in [9.17, 15) is 14.7 Å². The van der Waals surface area contributed by atoms with Crippen LogP contribution in [0.15, 0.2) is 42.5 Å². The van der Waals surface area contributed by atoms with Crippen LogP contribution in [0.5, 0.6) is 11.5 Å². The number of aryl methyl sites for hydroxylation is 1. The number of phenols is 1. The fourth-order valence-electron chi connectivity index (χ4n) is 2.03. The van der Waals surface area contributed by atoms with Crippen molar-refractivity contribution in [1.82, 2.24) is 0 Å². The van der Waals surface area contributed by atoms with Gasteiger partial charge < -0.3 is 19.9 Å². The highest BCUT2D eigenvalue weighted by molar-refractivity contribution is 5.98.